The summed E-state index contributed by atoms with van der Waals surface area (Å²) in [5.74, 6) is -0.539. The summed E-state index contributed by atoms with van der Waals surface area (Å²) in [5, 5.41) is 6.28. The summed E-state index contributed by atoms with van der Waals surface area (Å²) in [6.07, 6.45) is 2.10. The maximum absolute atomic E-state index is 12.9. The number of hydrogen-bond acceptors (Lipinski definition) is 4. The number of anilines is 1. The van der Waals surface area contributed by atoms with Crippen LogP contribution >= 0.6 is 0 Å². The third-order valence-corrected chi connectivity index (χ3v) is 5.80. The minimum Gasteiger partial charge on any atom is -0.353 e. The molecule has 8 heteroatoms. The van der Waals surface area contributed by atoms with Crippen molar-refractivity contribution in [3.63, 3.8) is 0 Å². The van der Waals surface area contributed by atoms with Crippen molar-refractivity contribution in [2.45, 2.75) is 30.2 Å². The van der Waals surface area contributed by atoms with Gasteiger partial charge in [0, 0.05) is 11.7 Å². The molecule has 0 aromatic heterocycles. The van der Waals surface area contributed by atoms with Gasteiger partial charge in [0.1, 0.15) is 5.82 Å². The van der Waals surface area contributed by atoms with Crippen molar-refractivity contribution >= 4 is 21.6 Å². The molecule has 1 aliphatic heterocycles. The number of piperidine rings is 1. The van der Waals surface area contributed by atoms with Crippen LogP contribution < -0.4 is 15.4 Å². The number of halogens is 1. The molecule has 1 saturated heterocycles. The van der Waals surface area contributed by atoms with Crippen molar-refractivity contribution in [2.75, 3.05) is 17.8 Å². The van der Waals surface area contributed by atoms with E-state index in [0.29, 0.717) is 5.69 Å². The predicted octanol–water partition coefficient (Wildman–Crippen LogP) is 2.04. The Kier molecular flexibility index (Phi) is 6.08. The minimum atomic E-state index is -3.79. The molecular formula is C19H22FN3O3S. The van der Waals surface area contributed by atoms with Gasteiger partial charge in [0.05, 0.1) is 11.3 Å². The van der Waals surface area contributed by atoms with E-state index >= 15 is 0 Å². The standard InChI is InChI=1S/C19H22FN3O3S/c20-15-3-7-18(8-4-15)27(25,26)23-17-5-1-14(2-6-17)13-19(24)22-16-9-11-21-12-10-16/h1-8,16,21,23H,9-13H2,(H,22,24). The first kappa shape index (κ1) is 19.3. The number of benzene rings is 2. The van der Waals surface area contributed by atoms with E-state index in [-0.39, 0.29) is 23.3 Å². The van der Waals surface area contributed by atoms with Gasteiger partial charge in [-0.25, -0.2) is 12.8 Å². The lowest BCUT2D eigenvalue weighted by molar-refractivity contribution is -0.121. The second-order valence-electron chi connectivity index (χ2n) is 6.52. The minimum absolute atomic E-state index is 0.0191. The van der Waals surface area contributed by atoms with Crippen LogP contribution in [0.4, 0.5) is 10.1 Å². The molecule has 144 valence electrons. The molecule has 27 heavy (non-hydrogen) atoms. The Morgan fingerprint density at radius 1 is 1.04 bits per heavy atom. The molecule has 0 spiro atoms. The van der Waals surface area contributed by atoms with Crippen LogP contribution in [0, 0.1) is 5.82 Å². The van der Waals surface area contributed by atoms with E-state index in [2.05, 4.69) is 15.4 Å². The molecular weight excluding hydrogens is 369 g/mol. The summed E-state index contributed by atoms with van der Waals surface area (Å²) in [6, 6.07) is 11.4. The van der Waals surface area contributed by atoms with E-state index in [1.807, 2.05) is 0 Å². The Bertz CT molecular complexity index is 877. The highest BCUT2D eigenvalue weighted by molar-refractivity contribution is 7.92. The fourth-order valence-corrected chi connectivity index (χ4v) is 4.01. The number of amides is 1. The first-order chi connectivity index (χ1) is 12.9. The van der Waals surface area contributed by atoms with Crippen LogP contribution in [0.3, 0.4) is 0 Å². The van der Waals surface area contributed by atoms with Gasteiger partial charge in [-0.3, -0.25) is 9.52 Å². The van der Waals surface area contributed by atoms with Crippen LogP contribution in [0.2, 0.25) is 0 Å². The Morgan fingerprint density at radius 2 is 1.67 bits per heavy atom. The number of carbonyl (C=O) groups excluding carboxylic acids is 1. The molecule has 1 amide bonds. The normalized spacial score (nSPS) is 15.3. The van der Waals surface area contributed by atoms with Crippen molar-refractivity contribution in [2.24, 2.45) is 0 Å². The van der Waals surface area contributed by atoms with E-state index in [9.17, 15) is 17.6 Å². The van der Waals surface area contributed by atoms with Gasteiger partial charge in [0.2, 0.25) is 5.91 Å². The molecule has 3 N–H and O–H groups in total. The van der Waals surface area contributed by atoms with Crippen LogP contribution in [0.25, 0.3) is 0 Å². The van der Waals surface area contributed by atoms with Gasteiger partial charge in [-0.05, 0) is 67.9 Å². The highest BCUT2D eigenvalue weighted by Gasteiger charge is 2.16. The lowest BCUT2D eigenvalue weighted by Gasteiger charge is -2.23. The number of sulfonamides is 1. The molecule has 3 rings (SSSR count). The zero-order chi connectivity index (χ0) is 19.3. The molecule has 0 bridgehead atoms. The molecule has 1 heterocycles. The van der Waals surface area contributed by atoms with Gasteiger partial charge in [-0.15, -0.1) is 0 Å². The molecule has 0 atom stereocenters. The molecule has 1 aliphatic rings. The molecule has 0 unspecified atom stereocenters. The summed E-state index contributed by atoms with van der Waals surface area (Å²) >= 11 is 0. The summed E-state index contributed by atoms with van der Waals surface area (Å²) in [5.41, 5.74) is 1.17. The van der Waals surface area contributed by atoms with Crippen LogP contribution in [0.5, 0.6) is 0 Å². The quantitative estimate of drug-likeness (QED) is 0.703. The first-order valence-electron chi connectivity index (χ1n) is 8.80. The van der Waals surface area contributed by atoms with E-state index in [1.54, 1.807) is 24.3 Å². The number of carbonyl (C=O) groups is 1. The second kappa shape index (κ2) is 8.49. The number of rotatable bonds is 6. The van der Waals surface area contributed by atoms with Crippen LogP contribution in [0.1, 0.15) is 18.4 Å². The maximum Gasteiger partial charge on any atom is 0.261 e. The predicted molar refractivity (Wildman–Crippen MR) is 101 cm³/mol. The molecule has 2 aromatic carbocycles. The maximum atomic E-state index is 12.9. The molecule has 0 aliphatic carbocycles. The second-order valence-corrected chi connectivity index (χ2v) is 8.21. The third-order valence-electron chi connectivity index (χ3n) is 4.40. The van der Waals surface area contributed by atoms with E-state index in [4.69, 9.17) is 0 Å². The number of hydrogen-bond donors (Lipinski definition) is 3. The zero-order valence-corrected chi connectivity index (χ0v) is 15.6. The van der Waals surface area contributed by atoms with Crippen LogP contribution in [-0.2, 0) is 21.2 Å². The van der Waals surface area contributed by atoms with Crippen molar-refractivity contribution in [3.8, 4) is 0 Å². The summed E-state index contributed by atoms with van der Waals surface area (Å²) in [6.45, 7) is 1.82. The summed E-state index contributed by atoms with van der Waals surface area (Å²) in [4.78, 5) is 12.1. The van der Waals surface area contributed by atoms with E-state index < -0.39 is 15.8 Å². The molecule has 6 nitrogen and oxygen atoms in total. The van der Waals surface area contributed by atoms with Crippen molar-refractivity contribution in [1.29, 1.82) is 0 Å². The van der Waals surface area contributed by atoms with Gasteiger partial charge in [0.25, 0.3) is 10.0 Å². The lowest BCUT2D eigenvalue weighted by atomic mass is 10.1. The largest absolute Gasteiger partial charge is 0.353 e. The number of nitrogens with one attached hydrogen (secondary N) is 3. The van der Waals surface area contributed by atoms with Crippen molar-refractivity contribution < 1.29 is 17.6 Å². The van der Waals surface area contributed by atoms with Crippen molar-refractivity contribution in [3.05, 3.63) is 59.9 Å². The zero-order valence-electron chi connectivity index (χ0n) is 14.7. The highest BCUT2D eigenvalue weighted by atomic mass is 32.2. The van der Waals surface area contributed by atoms with Gasteiger partial charge < -0.3 is 10.6 Å². The smallest absolute Gasteiger partial charge is 0.261 e. The van der Waals surface area contributed by atoms with Crippen LogP contribution in [0.15, 0.2) is 53.4 Å². The average Bonchev–Trinajstić information content (AvgIpc) is 2.64. The van der Waals surface area contributed by atoms with Crippen molar-refractivity contribution in [1.82, 2.24) is 10.6 Å². The molecule has 1 fully saturated rings. The fraction of sp³-hybridized carbons (Fsp3) is 0.316. The third kappa shape index (κ3) is 5.51. The summed E-state index contributed by atoms with van der Waals surface area (Å²) < 4.78 is 40.0. The topological polar surface area (TPSA) is 87.3 Å². The van der Waals surface area contributed by atoms with Gasteiger partial charge >= 0.3 is 0 Å². The monoisotopic (exact) mass is 391 g/mol. The Balaban J connectivity index is 1.58. The Morgan fingerprint density at radius 3 is 2.30 bits per heavy atom. The first-order valence-corrected chi connectivity index (χ1v) is 10.3. The van der Waals surface area contributed by atoms with E-state index in [1.165, 1.54) is 12.1 Å². The average molecular weight is 391 g/mol. The van der Waals surface area contributed by atoms with Gasteiger partial charge in [-0.1, -0.05) is 12.1 Å². The highest BCUT2D eigenvalue weighted by Crippen LogP contribution is 2.17. The summed E-state index contributed by atoms with van der Waals surface area (Å²) in [7, 11) is -3.79. The fourth-order valence-electron chi connectivity index (χ4n) is 2.95. The van der Waals surface area contributed by atoms with E-state index in [0.717, 1.165) is 43.6 Å². The molecule has 0 radical (unpaired) electrons. The van der Waals surface area contributed by atoms with Gasteiger partial charge in [-0.2, -0.15) is 0 Å². The van der Waals surface area contributed by atoms with Crippen LogP contribution in [-0.4, -0.2) is 33.5 Å². The lowest BCUT2D eigenvalue weighted by Crippen LogP contribution is -2.43. The SMILES string of the molecule is O=C(Cc1ccc(NS(=O)(=O)c2ccc(F)cc2)cc1)NC1CCNCC1. The van der Waals surface area contributed by atoms with Gasteiger partial charge in [0.15, 0.2) is 0 Å². The molecule has 0 saturated carbocycles. The Hall–Kier alpha value is -2.45. The molecule has 2 aromatic rings. The Labute approximate surface area is 158 Å².